The third-order valence-electron chi connectivity index (χ3n) is 12.7. The molecule has 4 amide bonds. The molecule has 0 aromatic heterocycles. The van der Waals surface area contributed by atoms with Crippen LogP contribution in [0.2, 0.25) is 0 Å². The second-order valence-electron chi connectivity index (χ2n) is 17.4. The van der Waals surface area contributed by atoms with Gasteiger partial charge in [-0.3, -0.25) is 9.46 Å². The minimum atomic E-state index is -4.41. The van der Waals surface area contributed by atoms with Gasteiger partial charge in [0.2, 0.25) is 0 Å². The summed E-state index contributed by atoms with van der Waals surface area (Å²) in [6, 6.07) is 30.0. The molecule has 1 fully saturated rings. The van der Waals surface area contributed by atoms with Gasteiger partial charge in [-0.05, 0) is 16.7 Å². The summed E-state index contributed by atoms with van der Waals surface area (Å²) in [6.45, 7) is -6.96. The Morgan fingerprint density at radius 1 is 0.390 bits per heavy atom. The van der Waals surface area contributed by atoms with Gasteiger partial charge in [-0.2, -0.15) is 0 Å². The van der Waals surface area contributed by atoms with E-state index >= 15 is 4.57 Å². The van der Waals surface area contributed by atoms with E-state index in [9.17, 15) is 60.0 Å². The van der Waals surface area contributed by atoms with Gasteiger partial charge >= 0.3 is 24.4 Å². The van der Waals surface area contributed by atoms with E-state index in [1.165, 1.54) is 9.34 Å². The molecule has 3 aromatic carbocycles. The van der Waals surface area contributed by atoms with Crippen molar-refractivity contribution in [2.45, 2.75) is 5.54 Å². The van der Waals surface area contributed by atoms with Gasteiger partial charge in [0.1, 0.15) is 26.4 Å². The Labute approximate surface area is 450 Å². The van der Waals surface area contributed by atoms with Gasteiger partial charge in [0.15, 0.2) is 0 Å². The van der Waals surface area contributed by atoms with Crippen LogP contribution in [0, 0.1) is 0 Å². The highest BCUT2D eigenvalue weighted by Gasteiger charge is 2.49. The molecule has 0 radical (unpaired) electrons. The van der Waals surface area contributed by atoms with Crippen LogP contribution in [0.1, 0.15) is 16.7 Å². The molecule has 25 nitrogen and oxygen atoms in total. The predicted octanol–water partition coefficient (Wildman–Crippen LogP) is 0.00100. The predicted molar refractivity (Wildman–Crippen MR) is 281 cm³/mol. The molecular formula is C51H79N8O17P. The SMILES string of the molecule is O=C(OCCN(CCOC(=O)N(CCO)CCO)P(=O)(N(CCOC(=O)N(CCO)CCO)CCOC(=O)N(CCO)CCO)N1CCN(C(c2ccccc2)(c2ccccc2)c2ccccc2)CC1)N(CCO)CCO. The second-order valence-corrected chi connectivity index (χ2v) is 20.1. The average molecular weight is 1110 g/mol. The van der Waals surface area contributed by atoms with Crippen LogP contribution in [-0.4, -0.2) is 288 Å². The van der Waals surface area contributed by atoms with E-state index in [2.05, 4.69) is 41.3 Å². The number of carbonyl (C=O) groups excluding carboxylic acids is 4. The lowest BCUT2D eigenvalue weighted by atomic mass is 9.75. The van der Waals surface area contributed by atoms with Gasteiger partial charge in [-0.15, -0.1) is 0 Å². The molecule has 0 aliphatic carbocycles. The summed E-state index contributed by atoms with van der Waals surface area (Å²) in [5.74, 6) is 0. The van der Waals surface area contributed by atoms with E-state index in [1.54, 1.807) is 4.67 Å². The maximum absolute atomic E-state index is 17.1. The van der Waals surface area contributed by atoms with E-state index in [-0.39, 0.29) is 105 Å². The Kier molecular flexibility index (Phi) is 29.2. The van der Waals surface area contributed by atoms with Gasteiger partial charge in [-0.1, -0.05) is 91.0 Å². The highest BCUT2D eigenvalue weighted by molar-refractivity contribution is 7.56. The van der Waals surface area contributed by atoms with Crippen molar-refractivity contribution < 1.29 is 83.5 Å². The van der Waals surface area contributed by atoms with Crippen molar-refractivity contribution in [2.75, 3.05) is 184 Å². The van der Waals surface area contributed by atoms with E-state index in [0.29, 0.717) is 0 Å². The van der Waals surface area contributed by atoms with Gasteiger partial charge in [0.25, 0.3) is 7.59 Å². The monoisotopic (exact) mass is 1110 g/mol. The Hall–Kier alpha value is -5.51. The lowest BCUT2D eigenvalue weighted by Crippen LogP contribution is -2.58. The summed E-state index contributed by atoms with van der Waals surface area (Å²) in [7, 11) is -4.41. The van der Waals surface area contributed by atoms with Gasteiger partial charge < -0.3 is 79.4 Å². The summed E-state index contributed by atoms with van der Waals surface area (Å²) in [4.78, 5) is 60.1. The first-order valence-corrected chi connectivity index (χ1v) is 27.3. The largest absolute Gasteiger partial charge is 0.448 e. The van der Waals surface area contributed by atoms with Crippen molar-refractivity contribution >= 4 is 32.0 Å². The second kappa shape index (κ2) is 35.1. The molecule has 0 unspecified atom stereocenters. The molecule has 0 spiro atoms. The highest BCUT2D eigenvalue weighted by Crippen LogP contribution is 2.57. The maximum Gasteiger partial charge on any atom is 0.409 e. The molecule has 3 aromatic rings. The van der Waals surface area contributed by atoms with Crippen LogP contribution in [0.4, 0.5) is 19.2 Å². The topological polar surface area (TPSA) is 310 Å². The minimum Gasteiger partial charge on any atom is -0.448 e. The number of aliphatic hydroxyl groups is 8. The summed E-state index contributed by atoms with van der Waals surface area (Å²) < 4.78 is 44.4. The number of ether oxygens (including phenoxy) is 4. The number of amides is 4. The summed E-state index contributed by atoms with van der Waals surface area (Å²) >= 11 is 0. The summed E-state index contributed by atoms with van der Waals surface area (Å²) in [5.41, 5.74) is 2.01. The van der Waals surface area contributed by atoms with Crippen molar-refractivity contribution in [3.63, 3.8) is 0 Å². The third kappa shape index (κ3) is 18.3. The highest BCUT2D eigenvalue weighted by atomic mass is 31.2. The van der Waals surface area contributed by atoms with Crippen LogP contribution in [0.3, 0.4) is 0 Å². The normalized spacial score (nSPS) is 13.3. The smallest absolute Gasteiger partial charge is 0.409 e. The number of hydrogen-bond acceptors (Lipinski definition) is 18. The molecular weight excluding hydrogens is 1030 g/mol. The van der Waals surface area contributed by atoms with Crippen molar-refractivity contribution in [1.29, 1.82) is 0 Å². The van der Waals surface area contributed by atoms with Crippen LogP contribution in [-0.2, 0) is 29.1 Å². The van der Waals surface area contributed by atoms with Crippen LogP contribution >= 0.6 is 7.59 Å². The number of benzene rings is 3. The first-order valence-electron chi connectivity index (χ1n) is 25.8. The molecule has 0 saturated carbocycles. The van der Waals surface area contributed by atoms with E-state index in [0.717, 1.165) is 36.3 Å². The molecule has 77 heavy (non-hydrogen) atoms. The Morgan fingerprint density at radius 2 is 0.623 bits per heavy atom. The van der Waals surface area contributed by atoms with Crippen molar-refractivity contribution in [3.8, 4) is 0 Å². The number of rotatable bonds is 35. The van der Waals surface area contributed by atoms with Gasteiger partial charge in [-0.25, -0.2) is 33.2 Å². The van der Waals surface area contributed by atoms with Gasteiger partial charge in [0, 0.05) is 105 Å². The molecule has 1 aliphatic rings. The molecule has 430 valence electrons. The average Bonchev–Trinajstić information content (AvgIpc) is 3.49. The number of aliphatic hydroxyl groups excluding tert-OH is 8. The molecule has 0 bridgehead atoms. The number of hydrogen-bond donors (Lipinski definition) is 8. The van der Waals surface area contributed by atoms with Crippen molar-refractivity contribution in [1.82, 2.24) is 38.5 Å². The molecule has 1 aliphatic heterocycles. The first kappa shape index (κ1) is 64.0. The van der Waals surface area contributed by atoms with Crippen LogP contribution in [0.5, 0.6) is 0 Å². The standard InChI is InChI=1S/C51H79N8O17P/c60-32-20-52(21-33-61)47(68)73-40-28-58(29-41-74-48(69)53(22-34-62)23-35-63)77(72,59(30-42-75-49(70)54(24-36-64)25-37-65)31-43-76-50(71)55(26-38-66)27-39-67)57-18-16-56(17-19-57)51(44-10-4-1-5-11-44,45-12-6-2-7-13-45)46-14-8-3-9-15-46/h1-15,60-67H,16-43H2. The first-order chi connectivity index (χ1) is 37.4. The molecule has 26 heteroatoms. The Bertz CT molecular complexity index is 1920. The fraction of sp³-hybridized carbons (Fsp3) is 0.569. The zero-order valence-corrected chi connectivity index (χ0v) is 44.6. The summed E-state index contributed by atoms with van der Waals surface area (Å²) in [6.07, 6.45) is -3.59. The van der Waals surface area contributed by atoms with Crippen LogP contribution in [0.15, 0.2) is 91.0 Å². The number of carbonyl (C=O) groups is 4. The fourth-order valence-electron chi connectivity index (χ4n) is 9.12. The molecule has 4 rings (SSSR count). The third-order valence-corrected chi connectivity index (χ3v) is 16.1. The van der Waals surface area contributed by atoms with Crippen molar-refractivity contribution in [3.05, 3.63) is 108 Å². The Morgan fingerprint density at radius 3 is 0.844 bits per heavy atom. The number of nitrogens with zero attached hydrogens (tertiary/aromatic N) is 8. The molecule has 1 heterocycles. The van der Waals surface area contributed by atoms with Crippen molar-refractivity contribution in [2.24, 2.45) is 0 Å². The minimum absolute atomic E-state index is 0.0980. The zero-order valence-electron chi connectivity index (χ0n) is 43.7. The van der Waals surface area contributed by atoms with Gasteiger partial charge in [0.05, 0.1) is 58.4 Å². The molecule has 1 saturated heterocycles. The molecule has 0 atom stereocenters. The maximum atomic E-state index is 17.1. The number of piperazine rings is 1. The van der Waals surface area contributed by atoms with E-state index < -0.39 is 117 Å². The quantitative estimate of drug-likeness (QED) is 0.0218. The Balaban J connectivity index is 1.89. The van der Waals surface area contributed by atoms with E-state index in [1.807, 2.05) is 54.6 Å². The zero-order chi connectivity index (χ0) is 55.9. The fourth-order valence-corrected chi connectivity index (χ4v) is 12.3. The van der Waals surface area contributed by atoms with E-state index in [4.69, 9.17) is 18.9 Å². The van der Waals surface area contributed by atoms with Crippen LogP contribution in [0.25, 0.3) is 0 Å². The lowest BCUT2D eigenvalue weighted by Gasteiger charge is -2.52. The lowest BCUT2D eigenvalue weighted by molar-refractivity contribution is 0.0624. The molecule has 8 N–H and O–H groups in total. The van der Waals surface area contributed by atoms with Crippen LogP contribution < -0.4 is 0 Å². The summed E-state index contributed by atoms with van der Waals surface area (Å²) in [5, 5.41) is 77.2.